The van der Waals surface area contributed by atoms with Crippen molar-refractivity contribution in [2.24, 2.45) is 5.92 Å². The van der Waals surface area contributed by atoms with Gasteiger partial charge in [-0.1, -0.05) is 29.5 Å². The second kappa shape index (κ2) is 6.34. The number of aromatic nitrogens is 4. The fourth-order valence-corrected chi connectivity index (χ4v) is 5.92. The molecule has 1 aromatic carbocycles. The number of hydrogen-bond acceptors (Lipinski definition) is 6. The van der Waals surface area contributed by atoms with E-state index in [0.717, 1.165) is 21.1 Å². The van der Waals surface area contributed by atoms with Crippen LogP contribution in [0, 0.1) is 12.8 Å². The highest BCUT2D eigenvalue weighted by Crippen LogP contribution is 2.32. The zero-order valence-electron chi connectivity index (χ0n) is 13.8. The summed E-state index contributed by atoms with van der Waals surface area (Å²) < 4.78 is 24.9. The Morgan fingerprint density at radius 2 is 2.16 bits per heavy atom. The van der Waals surface area contributed by atoms with E-state index >= 15 is 0 Å². The lowest BCUT2D eigenvalue weighted by molar-refractivity contribution is 0.448. The average Bonchev–Trinajstić information content (AvgIpc) is 3.28. The van der Waals surface area contributed by atoms with E-state index in [0.29, 0.717) is 13.0 Å². The fourth-order valence-electron chi connectivity index (χ4n) is 3.11. The topological polar surface area (TPSA) is 77.7 Å². The van der Waals surface area contributed by atoms with Crippen molar-refractivity contribution in [3.8, 4) is 21.1 Å². The number of nitrogens with zero attached hydrogens (tertiary/aromatic N) is 4. The minimum Gasteiger partial charge on any atom is -0.252 e. The fraction of sp³-hybridized carbons (Fsp3) is 0.353. The molecule has 2 aromatic heterocycles. The molecule has 0 spiro atoms. The van der Waals surface area contributed by atoms with Gasteiger partial charge in [-0.2, -0.15) is 0 Å². The minimum atomic E-state index is -2.86. The van der Waals surface area contributed by atoms with Gasteiger partial charge >= 0.3 is 0 Å². The first kappa shape index (κ1) is 16.4. The Hall–Kier alpha value is -2.06. The van der Waals surface area contributed by atoms with E-state index in [1.807, 2.05) is 24.5 Å². The van der Waals surface area contributed by atoms with Gasteiger partial charge in [0.1, 0.15) is 10.7 Å². The third-order valence-corrected chi connectivity index (χ3v) is 7.33. The van der Waals surface area contributed by atoms with Crippen molar-refractivity contribution in [2.45, 2.75) is 19.9 Å². The van der Waals surface area contributed by atoms with Gasteiger partial charge in [0.2, 0.25) is 0 Å². The van der Waals surface area contributed by atoms with Gasteiger partial charge in [0.05, 0.1) is 22.6 Å². The van der Waals surface area contributed by atoms with E-state index in [1.54, 1.807) is 16.0 Å². The molecule has 0 bridgehead atoms. The Balaban J connectivity index is 1.52. The van der Waals surface area contributed by atoms with Gasteiger partial charge in [0.15, 0.2) is 9.84 Å². The zero-order valence-corrected chi connectivity index (χ0v) is 15.4. The predicted octanol–water partition coefficient (Wildman–Crippen LogP) is 2.81. The predicted molar refractivity (Wildman–Crippen MR) is 98.1 cm³/mol. The van der Waals surface area contributed by atoms with Crippen molar-refractivity contribution < 1.29 is 8.42 Å². The van der Waals surface area contributed by atoms with Crippen LogP contribution in [0.4, 0.5) is 0 Å². The summed E-state index contributed by atoms with van der Waals surface area (Å²) in [4.78, 5) is 5.48. The van der Waals surface area contributed by atoms with Crippen molar-refractivity contribution in [3.63, 3.8) is 0 Å². The maximum Gasteiger partial charge on any atom is 0.150 e. The number of aryl methyl sites for hydroxylation is 1. The monoisotopic (exact) mass is 374 g/mol. The Morgan fingerprint density at radius 3 is 2.92 bits per heavy atom. The van der Waals surface area contributed by atoms with Crippen molar-refractivity contribution in [1.29, 1.82) is 0 Å². The molecule has 6 nitrogen and oxygen atoms in total. The van der Waals surface area contributed by atoms with Crippen molar-refractivity contribution in [2.75, 3.05) is 11.5 Å². The minimum absolute atomic E-state index is 0.128. The van der Waals surface area contributed by atoms with Crippen LogP contribution in [0.15, 0.2) is 36.7 Å². The highest BCUT2D eigenvalue weighted by Gasteiger charge is 2.28. The van der Waals surface area contributed by atoms with Crippen molar-refractivity contribution in [3.05, 3.63) is 42.2 Å². The maximum absolute atomic E-state index is 11.6. The van der Waals surface area contributed by atoms with Crippen LogP contribution in [0.2, 0.25) is 0 Å². The molecule has 0 amide bonds. The third kappa shape index (κ3) is 3.50. The largest absolute Gasteiger partial charge is 0.252 e. The Morgan fingerprint density at radius 1 is 1.32 bits per heavy atom. The van der Waals surface area contributed by atoms with Crippen LogP contribution < -0.4 is 0 Å². The lowest BCUT2D eigenvalue weighted by Gasteiger charge is -2.05. The lowest BCUT2D eigenvalue weighted by atomic mass is 10.1. The molecule has 3 heterocycles. The Labute approximate surface area is 150 Å². The van der Waals surface area contributed by atoms with Crippen LogP contribution >= 0.6 is 11.3 Å². The van der Waals surface area contributed by atoms with E-state index in [-0.39, 0.29) is 17.4 Å². The molecule has 0 unspecified atom stereocenters. The van der Waals surface area contributed by atoms with Crippen LogP contribution in [0.1, 0.15) is 12.0 Å². The molecule has 1 saturated heterocycles. The molecule has 0 saturated carbocycles. The van der Waals surface area contributed by atoms with Gasteiger partial charge in [-0.05, 0) is 24.8 Å². The number of benzene rings is 1. The third-order valence-electron chi connectivity index (χ3n) is 4.44. The molecule has 1 atom stereocenters. The van der Waals surface area contributed by atoms with E-state index in [4.69, 9.17) is 0 Å². The number of thiazole rings is 1. The second-order valence-corrected chi connectivity index (χ2v) is 9.70. The lowest BCUT2D eigenvalue weighted by Crippen LogP contribution is -2.12. The van der Waals surface area contributed by atoms with E-state index in [2.05, 4.69) is 34.4 Å². The molecule has 0 aliphatic carbocycles. The van der Waals surface area contributed by atoms with Crippen molar-refractivity contribution >= 4 is 21.2 Å². The maximum atomic E-state index is 11.6. The summed E-state index contributed by atoms with van der Waals surface area (Å²) in [5, 5.41) is 9.34. The van der Waals surface area contributed by atoms with E-state index in [1.165, 1.54) is 5.56 Å². The van der Waals surface area contributed by atoms with Gasteiger partial charge in [0, 0.05) is 18.3 Å². The number of rotatable bonds is 4. The average molecular weight is 374 g/mol. The summed E-state index contributed by atoms with van der Waals surface area (Å²) in [6.07, 6.45) is 4.40. The van der Waals surface area contributed by atoms with Crippen LogP contribution in [0.25, 0.3) is 21.1 Å². The second-order valence-electron chi connectivity index (χ2n) is 6.44. The summed E-state index contributed by atoms with van der Waals surface area (Å²) in [6.45, 7) is 2.66. The molecule has 3 aromatic rings. The molecule has 0 radical (unpaired) electrons. The molecular formula is C17H18N4O2S2. The zero-order chi connectivity index (χ0) is 17.4. The molecule has 25 heavy (non-hydrogen) atoms. The molecule has 4 rings (SSSR count). The normalized spacial score (nSPS) is 19.3. The highest BCUT2D eigenvalue weighted by molar-refractivity contribution is 7.91. The molecule has 0 N–H and O–H groups in total. The van der Waals surface area contributed by atoms with Crippen LogP contribution in [-0.2, 0) is 16.4 Å². The Bertz CT molecular complexity index is 1010. The molecular weight excluding hydrogens is 356 g/mol. The van der Waals surface area contributed by atoms with Crippen LogP contribution in [0.3, 0.4) is 0 Å². The van der Waals surface area contributed by atoms with Gasteiger partial charge in [-0.15, -0.1) is 16.4 Å². The molecule has 1 aliphatic rings. The number of hydrogen-bond donors (Lipinski definition) is 0. The quantitative estimate of drug-likeness (QED) is 0.702. The van der Waals surface area contributed by atoms with E-state index in [9.17, 15) is 8.42 Å². The summed E-state index contributed by atoms with van der Waals surface area (Å²) in [7, 11) is -2.86. The van der Waals surface area contributed by atoms with Crippen LogP contribution in [-0.4, -0.2) is 39.9 Å². The van der Waals surface area contributed by atoms with Crippen molar-refractivity contribution in [1.82, 2.24) is 20.0 Å². The first-order valence-electron chi connectivity index (χ1n) is 8.13. The summed E-state index contributed by atoms with van der Waals surface area (Å²) in [5.41, 5.74) is 3.09. The number of sulfone groups is 1. The highest BCUT2D eigenvalue weighted by atomic mass is 32.2. The first-order valence-corrected chi connectivity index (χ1v) is 10.8. The van der Waals surface area contributed by atoms with Crippen LogP contribution in [0.5, 0.6) is 0 Å². The SMILES string of the molecule is Cc1ccccc1-c1ncc(-c2cn(C[C@@H]3CCS(=O)(=O)C3)nn2)s1. The molecule has 130 valence electrons. The smallest absolute Gasteiger partial charge is 0.150 e. The molecule has 8 heteroatoms. The summed E-state index contributed by atoms with van der Waals surface area (Å²) in [6, 6.07) is 8.16. The van der Waals surface area contributed by atoms with Gasteiger partial charge in [-0.3, -0.25) is 4.68 Å². The molecule has 1 aliphatic heterocycles. The van der Waals surface area contributed by atoms with E-state index < -0.39 is 9.84 Å². The summed E-state index contributed by atoms with van der Waals surface area (Å²) >= 11 is 1.59. The first-order chi connectivity index (χ1) is 12.0. The van der Waals surface area contributed by atoms with Gasteiger partial charge in [0.25, 0.3) is 0 Å². The van der Waals surface area contributed by atoms with Gasteiger partial charge in [-0.25, -0.2) is 13.4 Å². The Kier molecular flexibility index (Phi) is 4.16. The molecule has 1 fully saturated rings. The summed E-state index contributed by atoms with van der Waals surface area (Å²) in [5.74, 6) is 0.664. The standard InChI is InChI=1S/C17H18N4O2S2/c1-12-4-2-3-5-14(12)17-18-8-16(24-17)15-10-21(20-19-15)9-13-6-7-25(22,23)11-13/h2-5,8,10,13H,6-7,9,11H2,1H3/t13-/m0/s1. The van der Waals surface area contributed by atoms with Gasteiger partial charge < -0.3 is 0 Å².